The number of benzene rings is 1. The number of halogens is 3. The molecule has 0 bridgehead atoms. The Balaban J connectivity index is 2.14. The zero-order chi connectivity index (χ0) is 16.8. The third kappa shape index (κ3) is 2.91. The molecular weight excluding hydrogens is 305 g/mol. The molecule has 3 rings (SSSR count). The maximum atomic E-state index is 12.7. The van der Waals surface area contributed by atoms with Crippen LogP contribution < -0.4 is 0 Å². The van der Waals surface area contributed by atoms with Crippen molar-refractivity contribution in [1.29, 1.82) is 0 Å². The monoisotopic (exact) mass is 320 g/mol. The van der Waals surface area contributed by atoms with Gasteiger partial charge in [-0.15, -0.1) is 0 Å². The first-order valence-corrected chi connectivity index (χ1v) is 7.05. The van der Waals surface area contributed by atoms with Crippen LogP contribution in [-0.4, -0.2) is 20.2 Å². The van der Waals surface area contributed by atoms with Crippen molar-refractivity contribution in [3.63, 3.8) is 0 Å². The summed E-state index contributed by atoms with van der Waals surface area (Å²) in [5.74, 6) is -1.19. The topological polar surface area (TPSA) is 54.5 Å². The zero-order valence-corrected chi connectivity index (χ0v) is 12.9. The second kappa shape index (κ2) is 5.04. The van der Waals surface area contributed by atoms with Gasteiger partial charge in [0.15, 0.2) is 0 Å². The second-order valence-corrected chi connectivity index (χ2v) is 6.35. The Morgan fingerprint density at radius 1 is 1.04 bits per heavy atom. The average Bonchev–Trinajstić information content (AvgIpc) is 2.94. The molecule has 1 aromatic carbocycles. The molecule has 3 aromatic rings. The number of hydrogen-bond donors (Lipinski definition) is 1. The maximum absolute atomic E-state index is 12.7. The molecule has 0 amide bonds. The Morgan fingerprint density at radius 3 is 2.39 bits per heavy atom. The van der Waals surface area contributed by atoms with Crippen molar-refractivity contribution in [1.82, 2.24) is 20.2 Å². The van der Waals surface area contributed by atoms with E-state index < -0.39 is 12.0 Å². The van der Waals surface area contributed by atoms with Crippen LogP contribution in [0.2, 0.25) is 0 Å². The summed E-state index contributed by atoms with van der Waals surface area (Å²) in [6, 6.07) is 7.63. The van der Waals surface area contributed by atoms with E-state index in [4.69, 9.17) is 0 Å². The molecular formula is C16H15F3N4. The minimum Gasteiger partial charge on any atom is -0.255 e. The predicted molar refractivity (Wildman–Crippen MR) is 80.8 cm³/mol. The van der Waals surface area contributed by atoms with Crippen molar-refractivity contribution in [2.75, 3.05) is 0 Å². The van der Waals surface area contributed by atoms with Crippen LogP contribution in [-0.2, 0) is 11.6 Å². The molecule has 120 valence electrons. The molecule has 0 aliphatic carbocycles. The van der Waals surface area contributed by atoms with Gasteiger partial charge in [-0.2, -0.15) is 18.3 Å². The third-order valence-corrected chi connectivity index (χ3v) is 3.60. The van der Waals surface area contributed by atoms with E-state index in [2.05, 4.69) is 35.8 Å². The molecule has 0 atom stereocenters. The molecule has 2 aromatic heterocycles. The van der Waals surface area contributed by atoms with Gasteiger partial charge in [0.05, 0.1) is 0 Å². The molecule has 4 nitrogen and oxygen atoms in total. The predicted octanol–water partition coefficient (Wildman–Crippen LogP) is 4.34. The molecule has 0 aliphatic rings. The summed E-state index contributed by atoms with van der Waals surface area (Å²) in [7, 11) is 0. The summed E-state index contributed by atoms with van der Waals surface area (Å²) in [6.45, 7) is 6.30. The first-order valence-electron chi connectivity index (χ1n) is 7.05. The summed E-state index contributed by atoms with van der Waals surface area (Å²) in [6.07, 6.45) is -3.01. The van der Waals surface area contributed by atoms with Crippen LogP contribution in [0.5, 0.6) is 0 Å². The highest BCUT2D eigenvalue weighted by Gasteiger charge is 2.35. The Bertz CT molecular complexity index is 860. The first kappa shape index (κ1) is 15.5. The van der Waals surface area contributed by atoms with Gasteiger partial charge in [0.2, 0.25) is 11.6 Å². The SMILES string of the molecule is CC(C)(C)c1ccc2c(-c3n[nH]c(C(F)(F)F)n3)nccc2c1. The van der Waals surface area contributed by atoms with E-state index in [-0.39, 0.29) is 11.2 Å². The highest BCUT2D eigenvalue weighted by atomic mass is 19.4. The lowest BCUT2D eigenvalue weighted by atomic mass is 9.86. The van der Waals surface area contributed by atoms with Crippen molar-refractivity contribution in [3.8, 4) is 11.5 Å². The molecule has 23 heavy (non-hydrogen) atoms. The van der Waals surface area contributed by atoms with Gasteiger partial charge in [0.1, 0.15) is 5.69 Å². The number of aromatic amines is 1. The molecule has 0 saturated carbocycles. The highest BCUT2D eigenvalue weighted by molar-refractivity contribution is 5.93. The van der Waals surface area contributed by atoms with Crippen LogP contribution in [0, 0.1) is 0 Å². The third-order valence-electron chi connectivity index (χ3n) is 3.60. The van der Waals surface area contributed by atoms with E-state index in [0.717, 1.165) is 10.9 Å². The number of hydrogen-bond acceptors (Lipinski definition) is 3. The van der Waals surface area contributed by atoms with Crippen LogP contribution in [0.15, 0.2) is 30.5 Å². The van der Waals surface area contributed by atoms with Gasteiger partial charge in [-0.25, -0.2) is 4.98 Å². The lowest BCUT2D eigenvalue weighted by Crippen LogP contribution is -2.10. The van der Waals surface area contributed by atoms with Crippen LogP contribution in [0.25, 0.3) is 22.3 Å². The second-order valence-electron chi connectivity index (χ2n) is 6.35. The molecule has 0 aliphatic heterocycles. The number of H-pyrrole nitrogens is 1. The van der Waals surface area contributed by atoms with E-state index >= 15 is 0 Å². The molecule has 0 saturated heterocycles. The Morgan fingerprint density at radius 2 is 1.78 bits per heavy atom. The largest absolute Gasteiger partial charge is 0.451 e. The first-order chi connectivity index (χ1) is 10.7. The van der Waals surface area contributed by atoms with Crippen molar-refractivity contribution < 1.29 is 13.2 Å². The average molecular weight is 320 g/mol. The zero-order valence-electron chi connectivity index (χ0n) is 12.9. The van der Waals surface area contributed by atoms with Gasteiger partial charge >= 0.3 is 6.18 Å². The fraction of sp³-hybridized carbons (Fsp3) is 0.312. The maximum Gasteiger partial charge on any atom is 0.451 e. The number of fused-ring (bicyclic) bond motifs is 1. The summed E-state index contributed by atoms with van der Waals surface area (Å²) < 4.78 is 38.0. The van der Waals surface area contributed by atoms with Crippen LogP contribution in [0.1, 0.15) is 32.2 Å². The van der Waals surface area contributed by atoms with Crippen LogP contribution >= 0.6 is 0 Å². The standard InChI is InChI=1S/C16H15F3N4/c1-15(2,3)10-4-5-11-9(8-10)6-7-20-12(11)13-21-14(23-22-13)16(17,18)19/h4-8H,1-3H3,(H,21,22,23). The number of rotatable bonds is 1. The van der Waals surface area contributed by atoms with E-state index in [1.165, 1.54) is 0 Å². The fourth-order valence-corrected chi connectivity index (χ4v) is 2.32. The van der Waals surface area contributed by atoms with Gasteiger partial charge in [-0.3, -0.25) is 10.1 Å². The smallest absolute Gasteiger partial charge is 0.255 e. The van der Waals surface area contributed by atoms with Crippen LogP contribution in [0.4, 0.5) is 13.2 Å². The van der Waals surface area contributed by atoms with E-state index in [0.29, 0.717) is 11.1 Å². The van der Waals surface area contributed by atoms with Gasteiger partial charge in [0, 0.05) is 11.6 Å². The Labute approximate surface area is 130 Å². The summed E-state index contributed by atoms with van der Waals surface area (Å²) in [5.41, 5.74) is 1.44. The normalized spacial score (nSPS) is 12.8. The number of aromatic nitrogens is 4. The van der Waals surface area contributed by atoms with Gasteiger partial charge in [0.25, 0.3) is 0 Å². The van der Waals surface area contributed by atoms with Gasteiger partial charge < -0.3 is 0 Å². The minimum absolute atomic E-state index is 0.0222. The summed E-state index contributed by atoms with van der Waals surface area (Å²) in [4.78, 5) is 7.67. The molecule has 0 radical (unpaired) electrons. The van der Waals surface area contributed by atoms with Gasteiger partial charge in [-0.05, 0) is 22.4 Å². The number of pyridine rings is 1. The fourth-order valence-electron chi connectivity index (χ4n) is 2.32. The lowest BCUT2D eigenvalue weighted by Gasteiger charge is -2.19. The molecule has 2 heterocycles. The minimum atomic E-state index is -4.56. The number of nitrogens with zero attached hydrogens (tertiary/aromatic N) is 3. The number of alkyl halides is 3. The molecule has 1 N–H and O–H groups in total. The molecule has 0 unspecified atom stereocenters. The van der Waals surface area contributed by atoms with Crippen molar-refractivity contribution >= 4 is 10.8 Å². The lowest BCUT2D eigenvalue weighted by molar-refractivity contribution is -0.144. The summed E-state index contributed by atoms with van der Waals surface area (Å²) in [5, 5.41) is 7.18. The van der Waals surface area contributed by atoms with Crippen molar-refractivity contribution in [2.45, 2.75) is 32.4 Å². The Hall–Kier alpha value is -2.44. The molecule has 7 heteroatoms. The molecule has 0 spiro atoms. The van der Waals surface area contributed by atoms with E-state index in [1.54, 1.807) is 6.20 Å². The Kier molecular flexibility index (Phi) is 3.39. The number of nitrogens with one attached hydrogen (secondary N) is 1. The van der Waals surface area contributed by atoms with Crippen molar-refractivity contribution in [2.24, 2.45) is 0 Å². The van der Waals surface area contributed by atoms with Crippen LogP contribution in [0.3, 0.4) is 0 Å². The summed E-state index contributed by atoms with van der Waals surface area (Å²) >= 11 is 0. The van der Waals surface area contributed by atoms with Crippen molar-refractivity contribution in [3.05, 3.63) is 41.9 Å². The quantitative estimate of drug-likeness (QED) is 0.726. The highest BCUT2D eigenvalue weighted by Crippen LogP contribution is 2.31. The van der Waals surface area contributed by atoms with E-state index in [1.807, 2.05) is 29.4 Å². The van der Waals surface area contributed by atoms with Gasteiger partial charge in [-0.1, -0.05) is 39.0 Å². The van der Waals surface area contributed by atoms with E-state index in [9.17, 15) is 13.2 Å². The molecule has 0 fully saturated rings.